The fraction of sp³-hybridized carbons (Fsp3) is 0.0556. The number of halogens is 1. The fourth-order valence-corrected chi connectivity index (χ4v) is 3.29. The molecule has 102 valence electrons. The second-order valence-electron chi connectivity index (χ2n) is 5.11. The number of hydrogen-bond acceptors (Lipinski definition) is 1. The average molecular weight is 337 g/mol. The van der Waals surface area contributed by atoms with E-state index < -0.39 is 0 Å². The third-order valence-corrected chi connectivity index (χ3v) is 4.51. The summed E-state index contributed by atoms with van der Waals surface area (Å²) in [5.41, 5.74) is 3.56. The first-order chi connectivity index (χ1) is 10.3. The lowest BCUT2D eigenvalue weighted by atomic mass is 10.1. The van der Waals surface area contributed by atoms with Crippen LogP contribution in [0.5, 0.6) is 0 Å². The van der Waals surface area contributed by atoms with E-state index in [1.54, 1.807) is 0 Å². The summed E-state index contributed by atoms with van der Waals surface area (Å²) in [6, 6.07) is 18.9. The minimum absolute atomic E-state index is 0.828. The number of para-hydroxylation sites is 1. The van der Waals surface area contributed by atoms with Crippen molar-refractivity contribution in [2.24, 2.45) is 0 Å². The molecule has 2 heterocycles. The molecule has 0 bridgehead atoms. The van der Waals surface area contributed by atoms with E-state index in [0.717, 1.165) is 16.5 Å². The SMILES string of the molecule is Brc1cccc2c1ccn2Cc1cccc2cccnc12. The third-order valence-electron chi connectivity index (χ3n) is 3.82. The van der Waals surface area contributed by atoms with E-state index >= 15 is 0 Å². The maximum absolute atomic E-state index is 4.54. The Morgan fingerprint density at radius 3 is 2.76 bits per heavy atom. The Labute approximate surface area is 131 Å². The second kappa shape index (κ2) is 5.01. The third kappa shape index (κ3) is 2.14. The van der Waals surface area contributed by atoms with Gasteiger partial charge >= 0.3 is 0 Å². The molecule has 0 aliphatic rings. The first-order valence-corrected chi connectivity index (χ1v) is 7.68. The van der Waals surface area contributed by atoms with Gasteiger partial charge in [-0.25, -0.2) is 0 Å². The van der Waals surface area contributed by atoms with Crippen molar-refractivity contribution in [3.8, 4) is 0 Å². The Kier molecular flexibility index (Phi) is 3.00. The Balaban J connectivity index is 1.85. The van der Waals surface area contributed by atoms with Crippen molar-refractivity contribution in [2.45, 2.75) is 6.54 Å². The summed E-state index contributed by atoms with van der Waals surface area (Å²) in [7, 11) is 0. The molecular weight excluding hydrogens is 324 g/mol. The number of pyridine rings is 1. The van der Waals surface area contributed by atoms with Crippen molar-refractivity contribution < 1.29 is 0 Å². The van der Waals surface area contributed by atoms with Crippen LogP contribution in [0.1, 0.15) is 5.56 Å². The summed E-state index contributed by atoms with van der Waals surface area (Å²) >= 11 is 3.61. The standard InChI is InChI=1S/C18H13BrN2/c19-16-7-2-8-17-15(16)9-11-21(17)12-14-5-1-4-13-6-3-10-20-18(13)14/h1-11H,12H2. The number of hydrogen-bond donors (Lipinski definition) is 0. The molecule has 3 heteroatoms. The van der Waals surface area contributed by atoms with E-state index in [0.29, 0.717) is 0 Å². The van der Waals surface area contributed by atoms with Crippen LogP contribution in [0.25, 0.3) is 21.8 Å². The summed E-state index contributed by atoms with van der Waals surface area (Å²) < 4.78 is 3.40. The van der Waals surface area contributed by atoms with Crippen molar-refractivity contribution in [3.63, 3.8) is 0 Å². The molecular formula is C18H13BrN2. The van der Waals surface area contributed by atoms with Crippen LogP contribution in [-0.4, -0.2) is 9.55 Å². The van der Waals surface area contributed by atoms with Crippen molar-refractivity contribution in [2.75, 3.05) is 0 Å². The van der Waals surface area contributed by atoms with Gasteiger partial charge in [0.05, 0.1) is 5.52 Å². The van der Waals surface area contributed by atoms with Gasteiger partial charge in [-0.2, -0.15) is 0 Å². The summed E-state index contributed by atoms with van der Waals surface area (Å²) in [5.74, 6) is 0. The van der Waals surface area contributed by atoms with Crippen LogP contribution >= 0.6 is 15.9 Å². The summed E-state index contributed by atoms with van der Waals surface area (Å²) in [6.07, 6.45) is 3.99. The van der Waals surface area contributed by atoms with Crippen LogP contribution in [0, 0.1) is 0 Å². The Hall–Kier alpha value is -2.13. The molecule has 0 radical (unpaired) electrons. The molecule has 0 fully saturated rings. The zero-order valence-corrected chi connectivity index (χ0v) is 12.9. The molecule has 0 aliphatic carbocycles. The lowest BCUT2D eigenvalue weighted by Gasteiger charge is -2.08. The highest BCUT2D eigenvalue weighted by Gasteiger charge is 2.07. The van der Waals surface area contributed by atoms with Gasteiger partial charge in [-0.1, -0.05) is 46.3 Å². The smallest absolute Gasteiger partial charge is 0.0751 e. The Bertz CT molecular complexity index is 935. The highest BCUT2D eigenvalue weighted by Crippen LogP contribution is 2.26. The maximum atomic E-state index is 4.54. The van der Waals surface area contributed by atoms with Gasteiger partial charge in [0, 0.05) is 39.7 Å². The lowest BCUT2D eigenvalue weighted by molar-refractivity contribution is 0.841. The average Bonchev–Trinajstić information content (AvgIpc) is 2.92. The van der Waals surface area contributed by atoms with Crippen LogP contribution in [-0.2, 0) is 6.54 Å². The molecule has 2 aromatic carbocycles. The predicted molar refractivity (Wildman–Crippen MR) is 90.5 cm³/mol. The Morgan fingerprint density at radius 2 is 1.81 bits per heavy atom. The van der Waals surface area contributed by atoms with Gasteiger partial charge in [-0.05, 0) is 29.8 Å². The summed E-state index contributed by atoms with van der Waals surface area (Å²) in [6.45, 7) is 0.828. The highest BCUT2D eigenvalue weighted by molar-refractivity contribution is 9.10. The summed E-state index contributed by atoms with van der Waals surface area (Å²) in [4.78, 5) is 4.54. The zero-order valence-electron chi connectivity index (χ0n) is 11.3. The number of aromatic nitrogens is 2. The molecule has 2 nitrogen and oxygen atoms in total. The van der Waals surface area contributed by atoms with Crippen molar-refractivity contribution >= 4 is 37.7 Å². The normalized spacial score (nSPS) is 11.3. The van der Waals surface area contributed by atoms with Gasteiger partial charge in [0.25, 0.3) is 0 Å². The van der Waals surface area contributed by atoms with Crippen molar-refractivity contribution in [1.29, 1.82) is 0 Å². The quantitative estimate of drug-likeness (QED) is 0.503. The highest BCUT2D eigenvalue weighted by atomic mass is 79.9. The van der Waals surface area contributed by atoms with Crippen molar-refractivity contribution in [3.05, 3.63) is 77.0 Å². The number of nitrogens with zero attached hydrogens (tertiary/aromatic N) is 2. The number of fused-ring (bicyclic) bond motifs is 2. The molecule has 0 N–H and O–H groups in total. The largest absolute Gasteiger partial charge is 0.343 e. The fourth-order valence-electron chi connectivity index (χ4n) is 2.80. The topological polar surface area (TPSA) is 17.8 Å². The molecule has 2 aromatic heterocycles. The van der Waals surface area contributed by atoms with Gasteiger partial charge in [0.2, 0.25) is 0 Å². The van der Waals surface area contributed by atoms with E-state index in [-0.39, 0.29) is 0 Å². The zero-order chi connectivity index (χ0) is 14.2. The van der Waals surface area contributed by atoms with Gasteiger partial charge in [-0.3, -0.25) is 4.98 Å². The molecule has 0 spiro atoms. The molecule has 0 saturated carbocycles. The molecule has 4 aromatic rings. The van der Waals surface area contributed by atoms with Gasteiger partial charge in [-0.15, -0.1) is 0 Å². The minimum atomic E-state index is 0.828. The van der Waals surface area contributed by atoms with Crippen LogP contribution in [0.4, 0.5) is 0 Å². The minimum Gasteiger partial charge on any atom is -0.343 e. The van der Waals surface area contributed by atoms with Crippen LogP contribution < -0.4 is 0 Å². The molecule has 0 unspecified atom stereocenters. The molecule has 21 heavy (non-hydrogen) atoms. The number of rotatable bonds is 2. The van der Waals surface area contributed by atoms with Crippen molar-refractivity contribution in [1.82, 2.24) is 9.55 Å². The van der Waals surface area contributed by atoms with E-state index in [1.807, 2.05) is 12.3 Å². The second-order valence-corrected chi connectivity index (χ2v) is 5.96. The Morgan fingerprint density at radius 1 is 0.952 bits per heavy atom. The first kappa shape index (κ1) is 12.6. The van der Waals surface area contributed by atoms with E-state index in [4.69, 9.17) is 0 Å². The van der Waals surface area contributed by atoms with E-state index in [9.17, 15) is 0 Å². The molecule has 0 saturated heterocycles. The molecule has 0 atom stereocenters. The monoisotopic (exact) mass is 336 g/mol. The molecule has 0 amide bonds. The first-order valence-electron chi connectivity index (χ1n) is 6.89. The molecule has 0 aliphatic heterocycles. The molecule has 4 rings (SSSR count). The van der Waals surface area contributed by atoms with Gasteiger partial charge < -0.3 is 4.57 Å². The van der Waals surface area contributed by atoms with Crippen LogP contribution in [0.3, 0.4) is 0 Å². The number of benzene rings is 2. The van der Waals surface area contributed by atoms with E-state index in [1.165, 1.54) is 21.9 Å². The van der Waals surface area contributed by atoms with Gasteiger partial charge in [0.15, 0.2) is 0 Å². The summed E-state index contributed by atoms with van der Waals surface area (Å²) in [5, 5.41) is 2.43. The van der Waals surface area contributed by atoms with Gasteiger partial charge in [0.1, 0.15) is 0 Å². The van der Waals surface area contributed by atoms with Crippen LogP contribution in [0.15, 0.2) is 71.5 Å². The van der Waals surface area contributed by atoms with E-state index in [2.05, 4.69) is 80.2 Å². The van der Waals surface area contributed by atoms with Crippen LogP contribution in [0.2, 0.25) is 0 Å². The lowest BCUT2D eigenvalue weighted by Crippen LogP contribution is -1.99. The maximum Gasteiger partial charge on any atom is 0.0751 e. The predicted octanol–water partition coefficient (Wildman–Crippen LogP) is 5.00.